The van der Waals surface area contributed by atoms with E-state index in [9.17, 15) is 9.18 Å². The van der Waals surface area contributed by atoms with E-state index >= 15 is 0 Å². The van der Waals surface area contributed by atoms with Crippen LogP contribution in [0.4, 0.5) is 10.1 Å². The van der Waals surface area contributed by atoms with Crippen molar-refractivity contribution in [2.75, 3.05) is 31.1 Å². The SMILES string of the molecule is Cc1cccc(CCN2CC3(CC(=O)N(c4ccc(F)cc4)C3)C2)c1. The lowest BCUT2D eigenvalue weighted by Gasteiger charge is -2.47. The molecule has 4 heteroatoms. The van der Waals surface area contributed by atoms with Crippen molar-refractivity contribution in [3.63, 3.8) is 0 Å². The number of hydrogen-bond donors (Lipinski definition) is 0. The smallest absolute Gasteiger partial charge is 0.227 e. The number of benzene rings is 2. The third kappa shape index (κ3) is 3.31. The summed E-state index contributed by atoms with van der Waals surface area (Å²) in [4.78, 5) is 16.7. The Balaban J connectivity index is 1.33. The Morgan fingerprint density at radius 3 is 2.56 bits per heavy atom. The molecule has 130 valence electrons. The van der Waals surface area contributed by atoms with Gasteiger partial charge in [-0.25, -0.2) is 4.39 Å². The number of likely N-dealkylation sites (tertiary alicyclic amines) is 1. The maximum Gasteiger partial charge on any atom is 0.227 e. The molecule has 0 aromatic heterocycles. The van der Waals surface area contributed by atoms with Crippen LogP contribution in [0, 0.1) is 18.2 Å². The molecule has 2 aromatic rings. The first-order chi connectivity index (χ1) is 12.0. The summed E-state index contributed by atoms with van der Waals surface area (Å²) in [6.45, 7) is 5.86. The van der Waals surface area contributed by atoms with Gasteiger partial charge < -0.3 is 9.80 Å². The quantitative estimate of drug-likeness (QED) is 0.853. The molecule has 0 N–H and O–H groups in total. The fourth-order valence-corrected chi connectivity index (χ4v) is 4.18. The van der Waals surface area contributed by atoms with Crippen molar-refractivity contribution in [1.29, 1.82) is 0 Å². The molecule has 25 heavy (non-hydrogen) atoms. The zero-order valence-electron chi connectivity index (χ0n) is 14.5. The average molecular weight is 338 g/mol. The molecule has 2 fully saturated rings. The fourth-order valence-electron chi connectivity index (χ4n) is 4.18. The number of halogens is 1. The van der Waals surface area contributed by atoms with Gasteiger partial charge in [0.25, 0.3) is 0 Å². The summed E-state index contributed by atoms with van der Waals surface area (Å²) in [6.07, 6.45) is 1.65. The van der Waals surface area contributed by atoms with Gasteiger partial charge in [-0.3, -0.25) is 4.79 Å². The molecule has 1 spiro atoms. The summed E-state index contributed by atoms with van der Waals surface area (Å²) in [5.41, 5.74) is 3.56. The Hall–Kier alpha value is -2.20. The lowest BCUT2D eigenvalue weighted by atomic mass is 9.79. The second kappa shape index (κ2) is 6.26. The number of amides is 1. The van der Waals surface area contributed by atoms with Gasteiger partial charge in [-0.05, 0) is 43.2 Å². The molecule has 0 atom stereocenters. The molecule has 2 saturated heterocycles. The predicted molar refractivity (Wildman–Crippen MR) is 97.1 cm³/mol. The Bertz CT molecular complexity index is 781. The van der Waals surface area contributed by atoms with Gasteiger partial charge in [0.2, 0.25) is 5.91 Å². The van der Waals surface area contributed by atoms with E-state index < -0.39 is 0 Å². The number of carbonyl (C=O) groups is 1. The van der Waals surface area contributed by atoms with Crippen molar-refractivity contribution >= 4 is 11.6 Å². The highest BCUT2D eigenvalue weighted by Gasteiger charge is 2.51. The highest BCUT2D eigenvalue weighted by Crippen LogP contribution is 2.41. The van der Waals surface area contributed by atoms with Crippen LogP contribution in [0.5, 0.6) is 0 Å². The summed E-state index contributed by atoms with van der Waals surface area (Å²) in [5.74, 6) is -0.110. The first-order valence-electron chi connectivity index (χ1n) is 8.87. The third-order valence-electron chi connectivity index (χ3n) is 5.38. The highest BCUT2D eigenvalue weighted by atomic mass is 19.1. The standard InChI is InChI=1S/C21H23FN2O/c1-16-3-2-4-17(11-16)9-10-23-13-21(14-23)12-20(25)24(15-21)19-7-5-18(22)6-8-19/h2-8,11H,9-10,12-15H2,1H3. The molecule has 1 amide bonds. The van der Waals surface area contributed by atoms with Crippen molar-refractivity contribution < 1.29 is 9.18 Å². The van der Waals surface area contributed by atoms with Crippen LogP contribution in [-0.2, 0) is 11.2 Å². The average Bonchev–Trinajstić information content (AvgIpc) is 2.90. The Morgan fingerprint density at radius 1 is 1.08 bits per heavy atom. The van der Waals surface area contributed by atoms with Crippen LogP contribution in [0.1, 0.15) is 17.5 Å². The van der Waals surface area contributed by atoms with Crippen LogP contribution in [0.15, 0.2) is 48.5 Å². The van der Waals surface area contributed by atoms with Gasteiger partial charge >= 0.3 is 0 Å². The Labute approximate surface area is 148 Å². The van der Waals surface area contributed by atoms with Crippen LogP contribution >= 0.6 is 0 Å². The van der Waals surface area contributed by atoms with Crippen molar-refractivity contribution in [3.05, 3.63) is 65.5 Å². The van der Waals surface area contributed by atoms with Gasteiger partial charge in [-0.1, -0.05) is 29.8 Å². The van der Waals surface area contributed by atoms with E-state index in [-0.39, 0.29) is 17.1 Å². The molecule has 2 aliphatic heterocycles. The summed E-state index contributed by atoms with van der Waals surface area (Å²) >= 11 is 0. The second-order valence-corrected chi connectivity index (χ2v) is 7.58. The molecule has 0 saturated carbocycles. The van der Waals surface area contributed by atoms with Crippen molar-refractivity contribution in [2.24, 2.45) is 5.41 Å². The second-order valence-electron chi connectivity index (χ2n) is 7.58. The molecule has 2 aliphatic rings. The number of rotatable bonds is 4. The Kier molecular flexibility index (Phi) is 4.08. The normalized spacial score (nSPS) is 19.4. The minimum Gasteiger partial charge on any atom is -0.312 e. The van der Waals surface area contributed by atoms with Crippen LogP contribution in [-0.4, -0.2) is 37.0 Å². The van der Waals surface area contributed by atoms with Gasteiger partial charge in [0.15, 0.2) is 0 Å². The number of anilines is 1. The summed E-state index contributed by atoms with van der Waals surface area (Å²) < 4.78 is 13.1. The molecule has 4 rings (SSSR count). The highest BCUT2D eigenvalue weighted by molar-refractivity contribution is 5.96. The van der Waals surface area contributed by atoms with Gasteiger partial charge in [-0.2, -0.15) is 0 Å². The van der Waals surface area contributed by atoms with E-state index in [2.05, 4.69) is 36.1 Å². The molecular weight excluding hydrogens is 315 g/mol. The molecular formula is C21H23FN2O. The first kappa shape index (κ1) is 16.3. The minimum absolute atomic E-state index is 0.0814. The summed E-state index contributed by atoms with van der Waals surface area (Å²) in [7, 11) is 0. The lowest BCUT2D eigenvalue weighted by molar-refractivity contribution is -0.119. The maximum atomic E-state index is 13.1. The lowest BCUT2D eigenvalue weighted by Crippen LogP contribution is -2.57. The fraction of sp³-hybridized carbons (Fsp3) is 0.381. The minimum atomic E-state index is -0.268. The third-order valence-corrected chi connectivity index (χ3v) is 5.38. The number of carbonyl (C=O) groups excluding carboxylic acids is 1. The zero-order chi connectivity index (χ0) is 17.4. The Morgan fingerprint density at radius 2 is 1.84 bits per heavy atom. The van der Waals surface area contributed by atoms with E-state index in [4.69, 9.17) is 0 Å². The zero-order valence-corrected chi connectivity index (χ0v) is 14.5. The molecule has 0 aliphatic carbocycles. The van der Waals surface area contributed by atoms with Crippen molar-refractivity contribution in [1.82, 2.24) is 4.90 Å². The number of hydrogen-bond acceptors (Lipinski definition) is 2. The molecule has 0 radical (unpaired) electrons. The van der Waals surface area contributed by atoms with Gasteiger partial charge in [0.1, 0.15) is 5.82 Å². The van der Waals surface area contributed by atoms with E-state index in [1.54, 1.807) is 12.1 Å². The maximum absolute atomic E-state index is 13.1. The van der Waals surface area contributed by atoms with Crippen LogP contribution in [0.2, 0.25) is 0 Å². The van der Waals surface area contributed by atoms with E-state index in [1.807, 2.05) is 4.90 Å². The van der Waals surface area contributed by atoms with E-state index in [1.165, 1.54) is 23.3 Å². The van der Waals surface area contributed by atoms with Crippen molar-refractivity contribution in [2.45, 2.75) is 19.8 Å². The monoisotopic (exact) mass is 338 g/mol. The van der Waals surface area contributed by atoms with Gasteiger partial charge in [-0.15, -0.1) is 0 Å². The molecule has 0 bridgehead atoms. The molecule has 2 heterocycles. The van der Waals surface area contributed by atoms with Crippen LogP contribution < -0.4 is 4.90 Å². The first-order valence-corrected chi connectivity index (χ1v) is 8.87. The topological polar surface area (TPSA) is 23.6 Å². The largest absolute Gasteiger partial charge is 0.312 e. The summed E-state index contributed by atoms with van der Waals surface area (Å²) in [5, 5.41) is 0. The van der Waals surface area contributed by atoms with Crippen LogP contribution in [0.25, 0.3) is 0 Å². The molecule has 0 unspecified atom stereocenters. The molecule has 3 nitrogen and oxygen atoms in total. The van der Waals surface area contributed by atoms with Gasteiger partial charge in [0, 0.05) is 43.7 Å². The predicted octanol–water partition coefficient (Wildman–Crippen LogP) is 3.42. The number of aryl methyl sites for hydroxylation is 1. The summed E-state index contributed by atoms with van der Waals surface area (Å²) in [6, 6.07) is 14.9. The molecule has 2 aromatic carbocycles. The van der Waals surface area contributed by atoms with E-state index in [0.29, 0.717) is 6.42 Å². The van der Waals surface area contributed by atoms with E-state index in [0.717, 1.165) is 38.3 Å². The van der Waals surface area contributed by atoms with Crippen LogP contribution in [0.3, 0.4) is 0 Å². The van der Waals surface area contributed by atoms with Gasteiger partial charge in [0.05, 0.1) is 0 Å². The van der Waals surface area contributed by atoms with Crippen molar-refractivity contribution in [3.8, 4) is 0 Å². The number of nitrogens with zero attached hydrogens (tertiary/aromatic N) is 2.